The van der Waals surface area contributed by atoms with Crippen molar-refractivity contribution in [3.63, 3.8) is 0 Å². The number of aliphatic hydroxyl groups excluding tert-OH is 1. The number of aryl methyl sites for hydroxylation is 1. The van der Waals surface area contributed by atoms with Gasteiger partial charge in [0.15, 0.2) is 5.65 Å². The van der Waals surface area contributed by atoms with Crippen LogP contribution in [0, 0.1) is 0 Å². The van der Waals surface area contributed by atoms with Crippen molar-refractivity contribution in [1.82, 2.24) is 20.1 Å². The first-order chi connectivity index (χ1) is 15.6. The molecule has 1 aromatic carbocycles. The minimum Gasteiger partial charge on any atom is -0.394 e. The number of amides is 1. The van der Waals surface area contributed by atoms with Crippen LogP contribution in [0.15, 0.2) is 42.7 Å². The van der Waals surface area contributed by atoms with Crippen LogP contribution >= 0.6 is 0 Å². The zero-order valence-corrected chi connectivity index (χ0v) is 18.7. The van der Waals surface area contributed by atoms with Crippen molar-refractivity contribution in [2.45, 2.75) is 51.2 Å². The lowest BCUT2D eigenvalue weighted by molar-refractivity contribution is 0.0820. The summed E-state index contributed by atoms with van der Waals surface area (Å²) in [5, 5.41) is 22.2. The van der Waals surface area contributed by atoms with E-state index in [9.17, 15) is 9.90 Å². The molecule has 8 heteroatoms. The smallest absolute Gasteiger partial charge is 0.255 e. The van der Waals surface area contributed by atoms with Crippen molar-refractivity contribution in [3.8, 4) is 0 Å². The number of benzene rings is 1. The van der Waals surface area contributed by atoms with E-state index in [4.69, 9.17) is 4.74 Å². The summed E-state index contributed by atoms with van der Waals surface area (Å²) in [5.41, 5.74) is 1.91. The van der Waals surface area contributed by atoms with Gasteiger partial charge in [0.1, 0.15) is 0 Å². The summed E-state index contributed by atoms with van der Waals surface area (Å²) in [4.78, 5) is 18.1. The molecule has 1 atom stereocenters. The van der Waals surface area contributed by atoms with E-state index in [1.54, 1.807) is 12.4 Å². The third-order valence-corrected chi connectivity index (χ3v) is 6.33. The number of anilines is 1. The minimum absolute atomic E-state index is 0.203. The summed E-state index contributed by atoms with van der Waals surface area (Å²) >= 11 is 0. The monoisotopic (exact) mass is 437 g/mol. The number of pyridine rings is 1. The fourth-order valence-corrected chi connectivity index (χ4v) is 4.28. The van der Waals surface area contributed by atoms with Crippen LogP contribution < -0.4 is 10.6 Å². The van der Waals surface area contributed by atoms with Crippen molar-refractivity contribution in [3.05, 3.63) is 53.9 Å². The van der Waals surface area contributed by atoms with Crippen LogP contribution in [0.2, 0.25) is 0 Å². The Labute approximate surface area is 188 Å². The van der Waals surface area contributed by atoms with E-state index in [1.807, 2.05) is 48.9 Å². The number of ether oxygens (including phenoxy) is 1. The number of hydrogen-bond acceptors (Lipinski definition) is 6. The van der Waals surface area contributed by atoms with E-state index < -0.39 is 5.54 Å². The number of carbonyl (C=O) groups excluding carboxylic acids is 1. The average molecular weight is 438 g/mol. The van der Waals surface area contributed by atoms with Crippen LogP contribution in [0.5, 0.6) is 0 Å². The fraction of sp³-hybridized carbons (Fsp3) is 0.458. The summed E-state index contributed by atoms with van der Waals surface area (Å²) in [6, 6.07) is 9.79. The Hall–Kier alpha value is -2.97. The Balaban J connectivity index is 1.73. The lowest BCUT2D eigenvalue weighted by Crippen LogP contribution is -2.48. The number of aromatic nitrogens is 3. The maximum atomic E-state index is 13.6. The molecule has 1 aliphatic rings. The molecule has 3 N–H and O–H groups in total. The van der Waals surface area contributed by atoms with Crippen molar-refractivity contribution >= 4 is 22.6 Å². The third-order valence-electron chi connectivity index (χ3n) is 6.33. The lowest BCUT2D eigenvalue weighted by atomic mass is 9.87. The highest BCUT2D eigenvalue weighted by Gasteiger charge is 2.33. The van der Waals surface area contributed by atoms with Crippen LogP contribution in [0.25, 0.3) is 11.0 Å². The van der Waals surface area contributed by atoms with E-state index >= 15 is 0 Å². The molecule has 0 spiro atoms. The molecule has 4 rings (SSSR count). The van der Waals surface area contributed by atoms with Gasteiger partial charge in [0.2, 0.25) is 0 Å². The van der Waals surface area contributed by atoms with Crippen LogP contribution in [0.4, 0.5) is 5.69 Å². The van der Waals surface area contributed by atoms with Crippen LogP contribution in [0.1, 0.15) is 49.0 Å². The largest absolute Gasteiger partial charge is 0.394 e. The van der Waals surface area contributed by atoms with Gasteiger partial charge in [-0.15, -0.1) is 0 Å². The summed E-state index contributed by atoms with van der Waals surface area (Å²) in [6.45, 7) is 5.84. The van der Waals surface area contributed by atoms with Crippen molar-refractivity contribution in [2.75, 3.05) is 25.1 Å². The van der Waals surface area contributed by atoms with Gasteiger partial charge in [-0.3, -0.25) is 4.79 Å². The van der Waals surface area contributed by atoms with E-state index in [1.165, 1.54) is 0 Å². The molecule has 170 valence electrons. The Morgan fingerprint density at radius 3 is 2.62 bits per heavy atom. The molecule has 0 bridgehead atoms. The third kappa shape index (κ3) is 4.20. The molecule has 1 amide bonds. The molecular formula is C24H31N5O3. The van der Waals surface area contributed by atoms with Gasteiger partial charge in [0, 0.05) is 32.0 Å². The first kappa shape index (κ1) is 22.2. The highest BCUT2D eigenvalue weighted by atomic mass is 16.5. The van der Waals surface area contributed by atoms with Gasteiger partial charge in [-0.2, -0.15) is 5.10 Å². The predicted octanol–water partition coefficient (Wildman–Crippen LogP) is 3.07. The van der Waals surface area contributed by atoms with Crippen molar-refractivity contribution in [1.29, 1.82) is 0 Å². The average Bonchev–Trinajstić information content (AvgIpc) is 3.27. The Bertz CT molecular complexity index is 1060. The normalized spacial score (nSPS) is 16.6. The first-order valence-corrected chi connectivity index (χ1v) is 11.3. The second-order valence-corrected chi connectivity index (χ2v) is 8.19. The van der Waals surface area contributed by atoms with Crippen LogP contribution in [-0.4, -0.2) is 51.6 Å². The Morgan fingerprint density at radius 2 is 1.97 bits per heavy atom. The Kier molecular flexibility index (Phi) is 6.72. The molecule has 3 heterocycles. The van der Waals surface area contributed by atoms with Crippen molar-refractivity contribution in [2.24, 2.45) is 0 Å². The molecule has 1 unspecified atom stereocenters. The molecular weight excluding hydrogens is 406 g/mol. The first-order valence-electron chi connectivity index (χ1n) is 11.3. The van der Waals surface area contributed by atoms with Gasteiger partial charge in [-0.05, 0) is 31.7 Å². The SMILES string of the molecule is CCn1ncc2c(NC3CCOCC3)c(C(=O)NC(CC)(CO)c3ccccc3)cnc21. The summed E-state index contributed by atoms with van der Waals surface area (Å²) < 4.78 is 7.31. The zero-order chi connectivity index (χ0) is 22.6. The second kappa shape index (κ2) is 9.67. The molecule has 8 nitrogen and oxygen atoms in total. The van der Waals surface area contributed by atoms with E-state index in [2.05, 4.69) is 20.7 Å². The van der Waals surface area contributed by atoms with Gasteiger partial charge < -0.3 is 20.5 Å². The molecule has 0 radical (unpaired) electrons. The number of rotatable bonds is 8. The fourth-order valence-electron chi connectivity index (χ4n) is 4.28. The van der Waals surface area contributed by atoms with E-state index in [0.717, 1.165) is 35.1 Å². The van der Waals surface area contributed by atoms with Crippen LogP contribution in [0.3, 0.4) is 0 Å². The highest BCUT2D eigenvalue weighted by Crippen LogP contribution is 2.30. The molecule has 0 aliphatic carbocycles. The number of nitrogens with zero attached hydrogens (tertiary/aromatic N) is 3. The van der Waals surface area contributed by atoms with Gasteiger partial charge in [0.25, 0.3) is 5.91 Å². The van der Waals surface area contributed by atoms with Crippen molar-refractivity contribution < 1.29 is 14.6 Å². The van der Waals surface area contributed by atoms with Crippen LogP contribution in [-0.2, 0) is 16.8 Å². The molecule has 1 saturated heterocycles. The topological polar surface area (TPSA) is 101 Å². The minimum atomic E-state index is -0.878. The predicted molar refractivity (Wildman–Crippen MR) is 124 cm³/mol. The molecule has 3 aromatic rings. The maximum absolute atomic E-state index is 13.6. The number of carbonyl (C=O) groups is 1. The van der Waals surface area contributed by atoms with E-state index in [0.29, 0.717) is 31.7 Å². The second-order valence-electron chi connectivity index (χ2n) is 8.19. The van der Waals surface area contributed by atoms with Gasteiger partial charge >= 0.3 is 0 Å². The number of fused-ring (bicyclic) bond motifs is 1. The van der Waals surface area contributed by atoms with E-state index in [-0.39, 0.29) is 18.6 Å². The molecule has 2 aromatic heterocycles. The molecule has 0 saturated carbocycles. The van der Waals surface area contributed by atoms with Gasteiger partial charge in [-0.1, -0.05) is 37.3 Å². The summed E-state index contributed by atoms with van der Waals surface area (Å²) in [6.07, 6.45) is 5.65. The summed E-state index contributed by atoms with van der Waals surface area (Å²) in [7, 11) is 0. The molecule has 32 heavy (non-hydrogen) atoms. The lowest BCUT2D eigenvalue weighted by Gasteiger charge is -2.33. The maximum Gasteiger partial charge on any atom is 0.255 e. The molecule has 1 fully saturated rings. The number of aliphatic hydroxyl groups is 1. The molecule has 1 aliphatic heterocycles. The Morgan fingerprint density at radius 1 is 1.22 bits per heavy atom. The highest BCUT2D eigenvalue weighted by molar-refractivity contribution is 6.06. The van der Waals surface area contributed by atoms with Gasteiger partial charge in [-0.25, -0.2) is 9.67 Å². The zero-order valence-electron chi connectivity index (χ0n) is 18.7. The standard InChI is InChI=1S/C24H31N5O3/c1-3-24(16-30,17-8-6-5-7-9-17)28-23(31)20-14-25-22-19(15-26-29(22)4-2)21(20)27-18-10-12-32-13-11-18/h5-9,14-15,18,30H,3-4,10-13,16H2,1-2H3,(H,25,27)(H,28,31). The quantitative estimate of drug-likeness (QED) is 0.501. The number of hydrogen-bond donors (Lipinski definition) is 3. The van der Waals surface area contributed by atoms with Gasteiger partial charge in [0.05, 0.1) is 35.0 Å². The number of nitrogens with one attached hydrogen (secondary N) is 2. The summed E-state index contributed by atoms with van der Waals surface area (Å²) in [5.74, 6) is -0.280.